The molecule has 0 aliphatic heterocycles. The van der Waals surface area contributed by atoms with Crippen molar-refractivity contribution in [2.45, 2.75) is 20.8 Å². The first kappa shape index (κ1) is 16.8. The number of hydrogen-bond donors (Lipinski definition) is 1. The SMILES string of the molecule is Cc1cc(C)[n+](-c2n[nH]c(=S)s2)c(C)c1.F[B-](F)(F)F. The van der Waals surface area contributed by atoms with E-state index in [4.69, 9.17) is 12.2 Å². The number of H-pyrrole nitrogens is 1. The van der Waals surface area contributed by atoms with Crippen molar-refractivity contribution in [1.82, 2.24) is 10.2 Å². The maximum atomic E-state index is 9.75. The summed E-state index contributed by atoms with van der Waals surface area (Å²) < 4.78 is 41.8. The van der Waals surface area contributed by atoms with Gasteiger partial charge in [0.05, 0.1) is 5.10 Å². The van der Waals surface area contributed by atoms with Gasteiger partial charge in [-0.3, -0.25) is 0 Å². The first-order valence-corrected chi connectivity index (χ1v) is 6.73. The second-order valence-corrected chi connectivity index (χ2v) is 5.69. The van der Waals surface area contributed by atoms with Gasteiger partial charge >= 0.3 is 12.4 Å². The average Bonchev–Trinajstić information content (AvgIpc) is 2.60. The third-order valence-corrected chi connectivity index (χ3v) is 3.27. The van der Waals surface area contributed by atoms with Crippen molar-refractivity contribution in [3.63, 3.8) is 0 Å². The quantitative estimate of drug-likeness (QED) is 0.375. The molecule has 3 nitrogen and oxygen atoms in total. The van der Waals surface area contributed by atoms with E-state index in [-0.39, 0.29) is 0 Å². The van der Waals surface area contributed by atoms with E-state index in [1.807, 2.05) is 0 Å². The molecular weight excluding hydrogens is 313 g/mol. The Morgan fingerprint density at radius 3 is 1.95 bits per heavy atom. The Morgan fingerprint density at radius 1 is 1.15 bits per heavy atom. The van der Waals surface area contributed by atoms with E-state index in [1.165, 1.54) is 28.3 Å². The molecule has 0 aliphatic carbocycles. The highest BCUT2D eigenvalue weighted by Crippen LogP contribution is 2.09. The van der Waals surface area contributed by atoms with Gasteiger partial charge in [-0.25, -0.2) is 0 Å². The van der Waals surface area contributed by atoms with E-state index in [2.05, 4.69) is 47.7 Å². The van der Waals surface area contributed by atoms with Gasteiger partial charge in [-0.05, 0) is 62.0 Å². The predicted octanol–water partition coefficient (Wildman–Crippen LogP) is 3.70. The van der Waals surface area contributed by atoms with Crippen molar-refractivity contribution in [1.29, 1.82) is 0 Å². The minimum atomic E-state index is -6.00. The van der Waals surface area contributed by atoms with Gasteiger partial charge in [0, 0.05) is 0 Å². The van der Waals surface area contributed by atoms with Gasteiger partial charge < -0.3 is 17.3 Å². The number of nitrogens with zero attached hydrogens (tertiary/aromatic N) is 2. The summed E-state index contributed by atoms with van der Waals surface area (Å²) in [7, 11) is -6.00. The molecular formula is C10H12BF4N3S2. The maximum Gasteiger partial charge on any atom is 0.673 e. The molecule has 2 aromatic heterocycles. The van der Waals surface area contributed by atoms with Crippen LogP contribution in [0.3, 0.4) is 0 Å². The second-order valence-electron chi connectivity index (χ2n) is 4.04. The number of pyridine rings is 1. The van der Waals surface area contributed by atoms with Crippen molar-refractivity contribution in [2.75, 3.05) is 0 Å². The standard InChI is InChI=1S/C10H11N3S2.BF4/c1-6-4-7(2)13(8(3)5-6)9-11-12-10(14)15-9;2-1(3,4)5/h4-5H,1-3H3;/q;-1/p+1. The molecule has 0 radical (unpaired) electrons. The molecule has 2 aromatic rings. The highest BCUT2D eigenvalue weighted by Gasteiger charge is 2.20. The van der Waals surface area contributed by atoms with Gasteiger partial charge in [0.2, 0.25) is 3.95 Å². The minimum absolute atomic E-state index is 0.705. The Kier molecular flexibility index (Phi) is 5.40. The number of halogens is 4. The molecule has 2 rings (SSSR count). The van der Waals surface area contributed by atoms with Crippen LogP contribution < -0.4 is 4.57 Å². The number of nitrogens with one attached hydrogen (secondary N) is 1. The number of aromatic amines is 1. The fourth-order valence-corrected chi connectivity index (χ4v) is 2.72. The molecule has 2 heterocycles. The lowest BCUT2D eigenvalue weighted by Crippen LogP contribution is -2.37. The average molecular weight is 325 g/mol. The molecule has 0 unspecified atom stereocenters. The van der Waals surface area contributed by atoms with Crippen LogP contribution in [0.1, 0.15) is 17.0 Å². The van der Waals surface area contributed by atoms with Crippen LogP contribution >= 0.6 is 23.6 Å². The summed E-state index contributed by atoms with van der Waals surface area (Å²) in [6.07, 6.45) is 0. The molecule has 0 saturated heterocycles. The third-order valence-electron chi connectivity index (χ3n) is 2.20. The zero-order valence-electron chi connectivity index (χ0n) is 11.0. The molecule has 110 valence electrons. The molecule has 10 heteroatoms. The van der Waals surface area contributed by atoms with Crippen LogP contribution in [0.15, 0.2) is 12.1 Å². The van der Waals surface area contributed by atoms with Crippen LogP contribution in [0.2, 0.25) is 0 Å². The monoisotopic (exact) mass is 325 g/mol. The normalized spacial score (nSPS) is 10.9. The van der Waals surface area contributed by atoms with Gasteiger partial charge in [-0.1, -0.05) is 0 Å². The van der Waals surface area contributed by atoms with Crippen LogP contribution in [0.25, 0.3) is 5.13 Å². The summed E-state index contributed by atoms with van der Waals surface area (Å²) in [4.78, 5) is 0. The lowest BCUT2D eigenvalue weighted by molar-refractivity contribution is -0.609. The number of aryl methyl sites for hydroxylation is 3. The number of rotatable bonds is 1. The zero-order chi connectivity index (χ0) is 15.5. The third kappa shape index (κ3) is 5.37. The van der Waals surface area contributed by atoms with Crippen molar-refractivity contribution < 1.29 is 21.8 Å². The summed E-state index contributed by atoms with van der Waals surface area (Å²) in [5, 5.41) is 7.89. The Hall–Kier alpha value is -1.29. The van der Waals surface area contributed by atoms with E-state index in [0.717, 1.165) is 5.13 Å². The topological polar surface area (TPSA) is 32.6 Å². The summed E-state index contributed by atoms with van der Waals surface area (Å²) in [5.41, 5.74) is 3.61. The summed E-state index contributed by atoms with van der Waals surface area (Å²) >= 11 is 6.52. The van der Waals surface area contributed by atoms with Gasteiger partial charge in [-0.15, -0.1) is 0 Å². The molecule has 20 heavy (non-hydrogen) atoms. The fraction of sp³-hybridized carbons (Fsp3) is 0.300. The van der Waals surface area contributed by atoms with Gasteiger partial charge in [0.15, 0.2) is 0 Å². The Morgan fingerprint density at radius 2 is 1.60 bits per heavy atom. The van der Waals surface area contributed by atoms with Crippen LogP contribution in [-0.4, -0.2) is 17.5 Å². The zero-order valence-corrected chi connectivity index (χ0v) is 12.6. The Labute approximate surface area is 122 Å². The van der Waals surface area contributed by atoms with Gasteiger partial charge in [0.1, 0.15) is 11.4 Å². The van der Waals surface area contributed by atoms with E-state index in [9.17, 15) is 17.3 Å². The van der Waals surface area contributed by atoms with Crippen molar-refractivity contribution in [3.8, 4) is 5.13 Å². The molecule has 0 saturated carbocycles. The van der Waals surface area contributed by atoms with Crippen LogP contribution in [0.4, 0.5) is 17.3 Å². The molecule has 0 aromatic carbocycles. The molecule has 0 fully saturated rings. The smallest absolute Gasteiger partial charge is 0.418 e. The molecule has 0 spiro atoms. The van der Waals surface area contributed by atoms with Gasteiger partial charge in [-0.2, -0.15) is 9.67 Å². The van der Waals surface area contributed by atoms with Crippen LogP contribution in [-0.2, 0) is 0 Å². The predicted molar refractivity (Wildman–Crippen MR) is 73.2 cm³/mol. The van der Waals surface area contributed by atoms with E-state index >= 15 is 0 Å². The van der Waals surface area contributed by atoms with Crippen molar-refractivity contribution in [3.05, 3.63) is 33.0 Å². The molecule has 0 bridgehead atoms. The lowest BCUT2D eigenvalue weighted by atomic mass is 10.2. The Balaban J connectivity index is 0.000000347. The van der Waals surface area contributed by atoms with Crippen LogP contribution in [0, 0.1) is 24.7 Å². The first-order valence-electron chi connectivity index (χ1n) is 5.51. The number of aromatic nitrogens is 3. The highest BCUT2D eigenvalue weighted by atomic mass is 32.1. The molecule has 1 N–H and O–H groups in total. The number of hydrogen-bond acceptors (Lipinski definition) is 3. The first-order chi connectivity index (χ1) is 9.08. The van der Waals surface area contributed by atoms with Crippen LogP contribution in [0.5, 0.6) is 0 Å². The van der Waals surface area contributed by atoms with E-state index in [0.29, 0.717) is 3.95 Å². The summed E-state index contributed by atoms with van der Waals surface area (Å²) in [6.45, 7) is 6.24. The highest BCUT2D eigenvalue weighted by molar-refractivity contribution is 7.73. The molecule has 0 amide bonds. The molecule has 0 atom stereocenters. The minimum Gasteiger partial charge on any atom is -0.418 e. The summed E-state index contributed by atoms with van der Waals surface area (Å²) in [5.74, 6) is 0. The second kappa shape index (κ2) is 6.44. The largest absolute Gasteiger partial charge is 0.673 e. The van der Waals surface area contributed by atoms with Crippen molar-refractivity contribution in [2.24, 2.45) is 0 Å². The Bertz CT molecular complexity index is 621. The van der Waals surface area contributed by atoms with Gasteiger partial charge in [0.25, 0.3) is 0 Å². The molecule has 0 aliphatic rings. The van der Waals surface area contributed by atoms with E-state index < -0.39 is 7.25 Å². The summed E-state index contributed by atoms with van der Waals surface area (Å²) in [6, 6.07) is 4.27. The fourth-order valence-electron chi connectivity index (χ4n) is 1.73. The van der Waals surface area contributed by atoms with E-state index in [1.54, 1.807) is 0 Å². The lowest BCUT2D eigenvalue weighted by Gasteiger charge is -2.03. The maximum absolute atomic E-state index is 9.75. The van der Waals surface area contributed by atoms with Crippen molar-refractivity contribution >= 4 is 30.8 Å².